The van der Waals surface area contributed by atoms with E-state index in [1.807, 2.05) is 12.1 Å². The lowest BCUT2D eigenvalue weighted by Crippen LogP contribution is -2.37. The second kappa shape index (κ2) is 8.99. The van der Waals surface area contributed by atoms with Crippen LogP contribution < -0.4 is 11.1 Å². The van der Waals surface area contributed by atoms with Crippen molar-refractivity contribution in [1.29, 1.82) is 0 Å². The zero-order chi connectivity index (χ0) is 21.4. The number of benzene rings is 2. The van der Waals surface area contributed by atoms with E-state index in [2.05, 4.69) is 91.0 Å². The average Bonchev–Trinajstić information content (AvgIpc) is 3.08. The number of piperidine rings is 1. The van der Waals surface area contributed by atoms with E-state index in [9.17, 15) is 0 Å². The fourth-order valence-corrected chi connectivity index (χ4v) is 5.33. The van der Waals surface area contributed by atoms with E-state index in [4.69, 9.17) is 18.0 Å². The molecule has 0 spiro atoms. The number of aromatic nitrogens is 1. The van der Waals surface area contributed by atoms with E-state index in [-0.39, 0.29) is 5.11 Å². The normalized spacial score (nSPS) is 15.8. The predicted octanol–water partition coefficient (Wildman–Crippen LogP) is 6.40. The number of nitrogens with one attached hydrogen (secondary N) is 1. The maximum Gasteiger partial charge on any atom is 0.168 e. The highest BCUT2D eigenvalue weighted by Crippen LogP contribution is 2.39. The molecule has 4 rings (SSSR count). The standard InChI is InChI=1S/C23H26Br2N4S/c1-14(2)28-10-8-15(9-11-28)18-13-29(21-5-3-4-19(24)22(21)25)20-7-6-16(12-17(18)20)27-23(26)30/h3-7,12-15H,8-11H2,1-2H3,(H3,26,27,30). The highest BCUT2D eigenvalue weighted by molar-refractivity contribution is 9.13. The molecule has 2 aromatic carbocycles. The molecule has 0 unspecified atom stereocenters. The summed E-state index contributed by atoms with van der Waals surface area (Å²) in [7, 11) is 0. The maximum absolute atomic E-state index is 5.72. The molecular weight excluding hydrogens is 524 g/mol. The molecule has 0 saturated carbocycles. The molecule has 0 aliphatic carbocycles. The summed E-state index contributed by atoms with van der Waals surface area (Å²) in [5.41, 5.74) is 10.4. The van der Waals surface area contributed by atoms with Crippen molar-refractivity contribution in [2.45, 2.75) is 38.6 Å². The Morgan fingerprint density at radius 3 is 2.57 bits per heavy atom. The Morgan fingerprint density at radius 1 is 1.17 bits per heavy atom. The van der Waals surface area contributed by atoms with Gasteiger partial charge in [0.05, 0.1) is 15.7 Å². The van der Waals surface area contributed by atoms with Gasteiger partial charge in [-0.25, -0.2) is 0 Å². The quantitative estimate of drug-likeness (QED) is 0.370. The molecule has 0 amide bonds. The third kappa shape index (κ3) is 4.31. The van der Waals surface area contributed by atoms with Crippen molar-refractivity contribution in [2.24, 2.45) is 5.73 Å². The Hall–Kier alpha value is -1.41. The molecule has 1 fully saturated rings. The third-order valence-electron chi connectivity index (χ3n) is 5.99. The Balaban J connectivity index is 1.82. The van der Waals surface area contributed by atoms with Gasteiger partial charge in [-0.1, -0.05) is 6.07 Å². The number of fused-ring (bicyclic) bond motifs is 1. The fourth-order valence-electron chi connectivity index (χ4n) is 4.41. The smallest absolute Gasteiger partial charge is 0.168 e. The summed E-state index contributed by atoms with van der Waals surface area (Å²) in [6.07, 6.45) is 4.66. The molecule has 1 aromatic heterocycles. The number of anilines is 1. The lowest BCUT2D eigenvalue weighted by atomic mass is 9.88. The van der Waals surface area contributed by atoms with Crippen LogP contribution in [-0.4, -0.2) is 33.7 Å². The minimum atomic E-state index is 0.287. The Labute approximate surface area is 200 Å². The molecule has 3 N–H and O–H groups in total. The molecule has 0 radical (unpaired) electrons. The summed E-state index contributed by atoms with van der Waals surface area (Å²) >= 11 is 12.5. The molecular formula is C23H26Br2N4S. The summed E-state index contributed by atoms with van der Waals surface area (Å²) in [4.78, 5) is 2.57. The number of halogens is 2. The highest BCUT2D eigenvalue weighted by atomic mass is 79.9. The summed E-state index contributed by atoms with van der Waals surface area (Å²) in [5, 5.41) is 4.64. The van der Waals surface area contributed by atoms with Crippen LogP contribution in [0.2, 0.25) is 0 Å². The van der Waals surface area contributed by atoms with Gasteiger partial charge < -0.3 is 20.5 Å². The minimum absolute atomic E-state index is 0.287. The Kier molecular flexibility index (Phi) is 6.53. The van der Waals surface area contributed by atoms with Crippen LogP contribution in [0.5, 0.6) is 0 Å². The topological polar surface area (TPSA) is 46.2 Å². The second-order valence-electron chi connectivity index (χ2n) is 8.15. The van der Waals surface area contributed by atoms with Gasteiger partial charge in [0.15, 0.2) is 5.11 Å². The van der Waals surface area contributed by atoms with Crippen LogP contribution >= 0.6 is 44.1 Å². The van der Waals surface area contributed by atoms with E-state index in [1.54, 1.807) is 0 Å². The lowest BCUT2D eigenvalue weighted by molar-refractivity contribution is 0.172. The Bertz CT molecular complexity index is 1080. The number of hydrogen-bond acceptors (Lipinski definition) is 2. The van der Waals surface area contributed by atoms with Gasteiger partial charge in [-0.2, -0.15) is 0 Å². The van der Waals surface area contributed by atoms with Gasteiger partial charge in [0, 0.05) is 27.8 Å². The van der Waals surface area contributed by atoms with Gasteiger partial charge in [0.2, 0.25) is 0 Å². The predicted molar refractivity (Wildman–Crippen MR) is 138 cm³/mol. The van der Waals surface area contributed by atoms with Gasteiger partial charge in [-0.15, -0.1) is 0 Å². The molecule has 4 nitrogen and oxygen atoms in total. The summed E-state index contributed by atoms with van der Waals surface area (Å²) in [6, 6.07) is 13.2. The van der Waals surface area contributed by atoms with Gasteiger partial charge in [0.25, 0.3) is 0 Å². The molecule has 1 aliphatic rings. The van der Waals surface area contributed by atoms with E-state index < -0.39 is 0 Å². The summed E-state index contributed by atoms with van der Waals surface area (Å²) in [6.45, 7) is 6.84. The second-order valence-corrected chi connectivity index (χ2v) is 10.2. The van der Waals surface area contributed by atoms with E-state index >= 15 is 0 Å². The summed E-state index contributed by atoms with van der Waals surface area (Å²) < 4.78 is 4.38. The molecule has 30 heavy (non-hydrogen) atoms. The molecule has 3 aromatic rings. The first-order valence-corrected chi connectivity index (χ1v) is 12.2. The van der Waals surface area contributed by atoms with Crippen LogP contribution in [0.15, 0.2) is 51.5 Å². The van der Waals surface area contributed by atoms with Crippen LogP contribution in [-0.2, 0) is 0 Å². The molecule has 1 saturated heterocycles. The first kappa shape index (κ1) is 21.8. The van der Waals surface area contributed by atoms with Crippen LogP contribution in [0.3, 0.4) is 0 Å². The van der Waals surface area contributed by atoms with Crippen molar-refractivity contribution in [3.05, 3.63) is 57.1 Å². The minimum Gasteiger partial charge on any atom is -0.376 e. The van der Waals surface area contributed by atoms with Crippen LogP contribution in [0.1, 0.15) is 38.2 Å². The number of likely N-dealkylation sites (tertiary alicyclic amines) is 1. The van der Waals surface area contributed by atoms with Gasteiger partial charge in [0.1, 0.15) is 0 Å². The van der Waals surface area contributed by atoms with Crippen molar-refractivity contribution < 1.29 is 0 Å². The first-order valence-electron chi connectivity index (χ1n) is 10.2. The van der Waals surface area contributed by atoms with Crippen LogP contribution in [0.25, 0.3) is 16.6 Å². The number of nitrogens with two attached hydrogens (primary N) is 1. The highest BCUT2D eigenvalue weighted by Gasteiger charge is 2.25. The van der Waals surface area contributed by atoms with Crippen molar-refractivity contribution in [3.8, 4) is 5.69 Å². The fraction of sp³-hybridized carbons (Fsp3) is 0.348. The van der Waals surface area contributed by atoms with Gasteiger partial charge in [-0.05, 0) is 126 Å². The zero-order valence-corrected chi connectivity index (χ0v) is 21.1. The molecule has 0 bridgehead atoms. The van der Waals surface area contributed by atoms with Crippen LogP contribution in [0, 0.1) is 0 Å². The van der Waals surface area contributed by atoms with Crippen molar-refractivity contribution >= 4 is 65.8 Å². The lowest BCUT2D eigenvalue weighted by Gasteiger charge is -2.34. The largest absolute Gasteiger partial charge is 0.376 e. The van der Waals surface area contributed by atoms with Gasteiger partial charge >= 0.3 is 0 Å². The van der Waals surface area contributed by atoms with Gasteiger partial charge in [-0.3, -0.25) is 0 Å². The SMILES string of the molecule is CC(C)N1CCC(c2cn(-c3cccc(Br)c3Br)c3ccc(NC(N)=S)cc23)CC1. The molecule has 158 valence electrons. The number of thiocarbonyl (C=S) groups is 1. The average molecular weight is 550 g/mol. The monoisotopic (exact) mass is 548 g/mol. The number of nitrogens with zero attached hydrogens (tertiary/aromatic N) is 2. The van der Waals surface area contributed by atoms with Crippen molar-refractivity contribution in [2.75, 3.05) is 18.4 Å². The first-order chi connectivity index (χ1) is 14.3. The van der Waals surface area contributed by atoms with E-state index in [0.717, 1.165) is 33.4 Å². The molecule has 1 aliphatic heterocycles. The molecule has 0 atom stereocenters. The zero-order valence-electron chi connectivity index (χ0n) is 17.2. The maximum atomic E-state index is 5.72. The van der Waals surface area contributed by atoms with Crippen molar-refractivity contribution in [1.82, 2.24) is 9.47 Å². The van der Waals surface area contributed by atoms with E-state index in [1.165, 1.54) is 29.3 Å². The number of hydrogen-bond donors (Lipinski definition) is 2. The summed E-state index contributed by atoms with van der Waals surface area (Å²) in [5.74, 6) is 0.537. The number of rotatable bonds is 4. The van der Waals surface area contributed by atoms with Crippen LogP contribution in [0.4, 0.5) is 5.69 Å². The third-order valence-corrected chi connectivity index (χ3v) is 8.12. The van der Waals surface area contributed by atoms with Crippen molar-refractivity contribution in [3.63, 3.8) is 0 Å². The molecule has 2 heterocycles. The Morgan fingerprint density at radius 2 is 1.90 bits per heavy atom. The molecule has 7 heteroatoms. The van der Waals surface area contributed by atoms with E-state index in [0.29, 0.717) is 12.0 Å².